The van der Waals surface area contributed by atoms with Gasteiger partial charge in [0.2, 0.25) is 11.0 Å². The monoisotopic (exact) mass is 228 g/mol. The van der Waals surface area contributed by atoms with Crippen molar-refractivity contribution in [2.24, 2.45) is 0 Å². The summed E-state index contributed by atoms with van der Waals surface area (Å²) in [4.78, 5) is 13.3. The number of rotatable bonds is 5. The molecule has 0 fully saturated rings. The van der Waals surface area contributed by atoms with E-state index in [1.165, 1.54) is 11.3 Å². The second-order valence-electron chi connectivity index (χ2n) is 3.07. The van der Waals surface area contributed by atoms with Crippen molar-refractivity contribution in [3.05, 3.63) is 5.01 Å². The van der Waals surface area contributed by atoms with Crippen molar-refractivity contribution < 1.29 is 4.79 Å². The van der Waals surface area contributed by atoms with E-state index in [0.29, 0.717) is 13.1 Å². The van der Waals surface area contributed by atoms with Gasteiger partial charge in [0.05, 0.1) is 6.54 Å². The molecule has 15 heavy (non-hydrogen) atoms. The molecule has 1 aromatic rings. The molecule has 0 saturated heterocycles. The summed E-state index contributed by atoms with van der Waals surface area (Å²) in [5, 5.41) is 12.4. The van der Waals surface area contributed by atoms with Crippen LogP contribution >= 0.6 is 11.3 Å². The largest absolute Gasteiger partial charge is 0.355 e. The Balaban J connectivity index is 2.60. The van der Waals surface area contributed by atoms with Crippen LogP contribution in [0.25, 0.3) is 0 Å². The molecule has 1 rings (SSSR count). The van der Waals surface area contributed by atoms with E-state index in [-0.39, 0.29) is 5.91 Å². The zero-order valence-corrected chi connectivity index (χ0v) is 10.1. The molecule has 84 valence electrons. The number of aryl methyl sites for hydroxylation is 1. The van der Waals surface area contributed by atoms with Crippen molar-refractivity contribution in [2.45, 2.75) is 20.8 Å². The first-order valence-corrected chi connectivity index (χ1v) is 5.80. The van der Waals surface area contributed by atoms with E-state index >= 15 is 0 Å². The van der Waals surface area contributed by atoms with Crippen LogP contribution in [-0.4, -0.2) is 35.7 Å². The van der Waals surface area contributed by atoms with E-state index in [2.05, 4.69) is 15.5 Å². The third-order valence-electron chi connectivity index (χ3n) is 1.88. The quantitative estimate of drug-likeness (QED) is 0.810. The normalized spacial score (nSPS) is 10.1. The molecule has 0 aliphatic carbocycles. The van der Waals surface area contributed by atoms with Crippen LogP contribution in [0.15, 0.2) is 0 Å². The molecule has 0 aromatic carbocycles. The van der Waals surface area contributed by atoms with Gasteiger partial charge in [-0.3, -0.25) is 4.79 Å². The molecular weight excluding hydrogens is 212 g/mol. The maximum absolute atomic E-state index is 11.4. The van der Waals surface area contributed by atoms with Crippen molar-refractivity contribution in [1.29, 1.82) is 0 Å². The Morgan fingerprint density at radius 2 is 2.20 bits per heavy atom. The highest BCUT2D eigenvalue weighted by molar-refractivity contribution is 7.15. The summed E-state index contributed by atoms with van der Waals surface area (Å²) in [6, 6.07) is 0. The first-order valence-electron chi connectivity index (χ1n) is 4.99. The van der Waals surface area contributed by atoms with Crippen LogP contribution in [0.2, 0.25) is 0 Å². The molecule has 0 aliphatic heterocycles. The van der Waals surface area contributed by atoms with Crippen molar-refractivity contribution >= 4 is 22.4 Å². The summed E-state index contributed by atoms with van der Waals surface area (Å²) >= 11 is 1.50. The van der Waals surface area contributed by atoms with Gasteiger partial charge in [-0.05, 0) is 20.8 Å². The minimum Gasteiger partial charge on any atom is -0.355 e. The first-order chi connectivity index (χ1) is 7.17. The van der Waals surface area contributed by atoms with Crippen LogP contribution < -0.4 is 10.2 Å². The van der Waals surface area contributed by atoms with Gasteiger partial charge in [-0.15, -0.1) is 10.2 Å². The summed E-state index contributed by atoms with van der Waals surface area (Å²) < 4.78 is 0. The summed E-state index contributed by atoms with van der Waals surface area (Å²) in [6.07, 6.45) is 0. The molecule has 5 nitrogen and oxygen atoms in total. The molecule has 6 heteroatoms. The second-order valence-corrected chi connectivity index (χ2v) is 4.23. The van der Waals surface area contributed by atoms with E-state index in [1.54, 1.807) is 0 Å². The van der Waals surface area contributed by atoms with Crippen molar-refractivity contribution in [1.82, 2.24) is 15.5 Å². The SMILES string of the molecule is CCNC(=O)CN(CC)c1nnc(C)s1. The number of amides is 1. The van der Waals surface area contributed by atoms with Crippen LogP contribution in [0.3, 0.4) is 0 Å². The van der Waals surface area contributed by atoms with Crippen molar-refractivity contribution in [2.75, 3.05) is 24.5 Å². The van der Waals surface area contributed by atoms with Gasteiger partial charge < -0.3 is 10.2 Å². The summed E-state index contributed by atoms with van der Waals surface area (Å²) in [5.41, 5.74) is 0. The zero-order valence-electron chi connectivity index (χ0n) is 9.28. The average Bonchev–Trinajstić information content (AvgIpc) is 2.61. The van der Waals surface area contributed by atoms with Gasteiger partial charge in [-0.2, -0.15) is 0 Å². The van der Waals surface area contributed by atoms with Gasteiger partial charge in [0.1, 0.15) is 5.01 Å². The molecule has 0 atom stereocenters. The van der Waals surface area contributed by atoms with Crippen LogP contribution in [-0.2, 0) is 4.79 Å². The summed E-state index contributed by atoms with van der Waals surface area (Å²) in [6.45, 7) is 7.57. The lowest BCUT2D eigenvalue weighted by atomic mass is 10.5. The van der Waals surface area contributed by atoms with Gasteiger partial charge >= 0.3 is 0 Å². The van der Waals surface area contributed by atoms with E-state index < -0.39 is 0 Å². The molecule has 1 amide bonds. The highest BCUT2D eigenvalue weighted by Gasteiger charge is 2.12. The summed E-state index contributed by atoms with van der Waals surface area (Å²) in [5.74, 6) is 0.0206. The zero-order chi connectivity index (χ0) is 11.3. The van der Waals surface area contributed by atoms with E-state index in [1.807, 2.05) is 25.7 Å². The second kappa shape index (κ2) is 5.65. The standard InChI is InChI=1S/C9H16N4OS/c1-4-10-8(14)6-13(5-2)9-12-11-7(3)15-9/h4-6H2,1-3H3,(H,10,14). The number of anilines is 1. The average molecular weight is 228 g/mol. The Morgan fingerprint density at radius 3 is 2.67 bits per heavy atom. The minimum atomic E-state index is 0.0206. The minimum absolute atomic E-state index is 0.0206. The van der Waals surface area contributed by atoms with E-state index in [4.69, 9.17) is 0 Å². The van der Waals surface area contributed by atoms with E-state index in [9.17, 15) is 4.79 Å². The van der Waals surface area contributed by atoms with Crippen LogP contribution in [0.4, 0.5) is 5.13 Å². The Labute approximate surface area is 93.5 Å². The fraction of sp³-hybridized carbons (Fsp3) is 0.667. The Bertz CT molecular complexity index is 326. The number of carbonyl (C=O) groups excluding carboxylic acids is 1. The smallest absolute Gasteiger partial charge is 0.239 e. The number of likely N-dealkylation sites (N-methyl/N-ethyl adjacent to an activating group) is 2. The Hall–Kier alpha value is -1.17. The molecule has 1 heterocycles. The third-order valence-corrected chi connectivity index (χ3v) is 2.78. The van der Waals surface area contributed by atoms with Crippen LogP contribution in [0, 0.1) is 6.92 Å². The van der Waals surface area contributed by atoms with Crippen LogP contribution in [0.5, 0.6) is 0 Å². The number of hydrogen-bond acceptors (Lipinski definition) is 5. The summed E-state index contributed by atoms with van der Waals surface area (Å²) in [7, 11) is 0. The van der Waals surface area contributed by atoms with Gasteiger partial charge in [-0.1, -0.05) is 11.3 Å². The topological polar surface area (TPSA) is 58.1 Å². The first kappa shape index (κ1) is 11.9. The molecule has 0 saturated carbocycles. The fourth-order valence-corrected chi connectivity index (χ4v) is 1.91. The Morgan fingerprint density at radius 1 is 1.47 bits per heavy atom. The van der Waals surface area contributed by atoms with Crippen molar-refractivity contribution in [3.8, 4) is 0 Å². The van der Waals surface area contributed by atoms with E-state index in [0.717, 1.165) is 16.7 Å². The number of nitrogens with zero attached hydrogens (tertiary/aromatic N) is 3. The third kappa shape index (κ3) is 3.47. The molecule has 1 N–H and O–H groups in total. The number of hydrogen-bond donors (Lipinski definition) is 1. The number of nitrogens with one attached hydrogen (secondary N) is 1. The predicted molar refractivity (Wildman–Crippen MR) is 61.2 cm³/mol. The maximum atomic E-state index is 11.4. The van der Waals surface area contributed by atoms with Gasteiger partial charge in [0.15, 0.2) is 0 Å². The lowest BCUT2D eigenvalue weighted by Gasteiger charge is -2.17. The molecule has 0 aliphatic rings. The lowest BCUT2D eigenvalue weighted by molar-refractivity contribution is -0.119. The maximum Gasteiger partial charge on any atom is 0.239 e. The lowest BCUT2D eigenvalue weighted by Crippen LogP contribution is -2.37. The van der Waals surface area contributed by atoms with Crippen molar-refractivity contribution in [3.63, 3.8) is 0 Å². The molecular formula is C9H16N4OS. The molecule has 1 aromatic heterocycles. The molecule has 0 bridgehead atoms. The van der Waals surface area contributed by atoms with Crippen LogP contribution in [0.1, 0.15) is 18.9 Å². The highest BCUT2D eigenvalue weighted by Crippen LogP contribution is 2.18. The fourth-order valence-electron chi connectivity index (χ4n) is 1.16. The molecule has 0 spiro atoms. The van der Waals surface area contributed by atoms with Gasteiger partial charge in [0, 0.05) is 13.1 Å². The number of aromatic nitrogens is 2. The Kier molecular flexibility index (Phi) is 4.48. The predicted octanol–water partition coefficient (Wildman–Crippen LogP) is 0.809. The molecule has 0 radical (unpaired) electrons. The van der Waals surface area contributed by atoms with Gasteiger partial charge in [0.25, 0.3) is 0 Å². The van der Waals surface area contributed by atoms with Gasteiger partial charge in [-0.25, -0.2) is 0 Å². The number of carbonyl (C=O) groups is 1. The molecule has 0 unspecified atom stereocenters. The highest BCUT2D eigenvalue weighted by atomic mass is 32.1.